The molecule has 4 rings (SSSR count). The standard InChI is InChI=1S/C44H62N8O11/c1-23(2)19-30-42(60)52-21-29(53)20-31(52)43(61)49(8)22-33(55)50(9)36(25(5)24(3)4)40(58)46-26(6)41(59)51(10)37(28-15-12-11-13-16-28)44(62)63-27(7)34(38(56)47-30)48-39(57)35-32(54)17-14-18-45-35/h11-18,23-27,29-31,34,36-37,53-54H,19-22H2,1-10H3,(H,46,58)(H,47,56)(H,48,57)/t25?,26-,27+,29+,30+,31+,34?,36-,37+/m0/s1. The topological polar surface area (TPSA) is 248 Å². The number of nitrogens with zero attached hydrogens (tertiary/aromatic N) is 5. The zero-order chi connectivity index (χ0) is 47.0. The molecular formula is C44H62N8O11. The van der Waals surface area contributed by atoms with Gasteiger partial charge in [0.05, 0.1) is 12.6 Å². The highest BCUT2D eigenvalue weighted by Gasteiger charge is 2.45. The number of cyclic esters (lactones) is 1. The fourth-order valence-electron chi connectivity index (χ4n) is 7.82. The summed E-state index contributed by atoms with van der Waals surface area (Å²) in [5.41, 5.74) is -0.145. The number of fused-ring (bicyclic) bond motifs is 1. The summed E-state index contributed by atoms with van der Waals surface area (Å²) >= 11 is 0. The van der Waals surface area contributed by atoms with Crippen LogP contribution in [0.1, 0.15) is 83.4 Å². The molecule has 1 aromatic carbocycles. The average Bonchev–Trinajstić information content (AvgIpc) is 3.62. The number of aromatic hydroxyl groups is 1. The van der Waals surface area contributed by atoms with Gasteiger partial charge in [0, 0.05) is 40.3 Å². The van der Waals surface area contributed by atoms with Gasteiger partial charge < -0.3 is 50.5 Å². The van der Waals surface area contributed by atoms with E-state index in [9.17, 15) is 48.6 Å². The van der Waals surface area contributed by atoms with Crippen molar-refractivity contribution in [2.45, 2.75) is 110 Å². The molecule has 2 saturated heterocycles. The largest absolute Gasteiger partial charge is 0.505 e. The molecule has 0 saturated carbocycles. The number of benzene rings is 1. The zero-order valence-electron chi connectivity index (χ0n) is 37.6. The second kappa shape index (κ2) is 21.3. The summed E-state index contributed by atoms with van der Waals surface area (Å²) in [4.78, 5) is 122. The van der Waals surface area contributed by atoms with Crippen molar-refractivity contribution in [3.63, 3.8) is 0 Å². The number of esters is 1. The van der Waals surface area contributed by atoms with Crippen molar-refractivity contribution in [3.8, 4) is 5.75 Å². The van der Waals surface area contributed by atoms with Crippen molar-refractivity contribution in [3.05, 3.63) is 59.9 Å². The van der Waals surface area contributed by atoms with Crippen LogP contribution >= 0.6 is 0 Å². The minimum Gasteiger partial charge on any atom is -0.505 e. The lowest BCUT2D eigenvalue weighted by atomic mass is 9.88. The van der Waals surface area contributed by atoms with Crippen LogP contribution in [-0.4, -0.2) is 159 Å². The first-order valence-corrected chi connectivity index (χ1v) is 21.1. The lowest BCUT2D eigenvalue weighted by Gasteiger charge is -2.37. The molecule has 19 nitrogen and oxygen atoms in total. The molecule has 0 spiro atoms. The Bertz CT molecular complexity index is 2020. The van der Waals surface area contributed by atoms with Crippen LogP contribution in [0.25, 0.3) is 0 Å². The number of hydrogen-bond donors (Lipinski definition) is 5. The number of hydrogen-bond acceptors (Lipinski definition) is 12. The predicted molar refractivity (Wildman–Crippen MR) is 228 cm³/mol. The summed E-state index contributed by atoms with van der Waals surface area (Å²) in [5, 5.41) is 29.1. The molecule has 3 heterocycles. The number of ether oxygens (including phenoxy) is 1. The number of pyridine rings is 1. The van der Waals surface area contributed by atoms with Crippen LogP contribution in [0.4, 0.5) is 0 Å². The van der Waals surface area contributed by atoms with E-state index in [1.54, 1.807) is 51.1 Å². The van der Waals surface area contributed by atoms with E-state index in [2.05, 4.69) is 20.9 Å². The minimum atomic E-state index is -1.74. The van der Waals surface area contributed by atoms with Gasteiger partial charge in [-0.3, -0.25) is 33.6 Å². The molecule has 5 N–H and O–H groups in total. The Morgan fingerprint density at radius 1 is 0.873 bits per heavy atom. The summed E-state index contributed by atoms with van der Waals surface area (Å²) in [7, 11) is 4.13. The average molecular weight is 879 g/mol. The molecule has 19 heteroatoms. The van der Waals surface area contributed by atoms with E-state index < -0.39 is 120 Å². The quantitative estimate of drug-likeness (QED) is 0.240. The summed E-state index contributed by atoms with van der Waals surface area (Å²) < 4.78 is 5.91. The van der Waals surface area contributed by atoms with E-state index in [1.165, 1.54) is 58.2 Å². The van der Waals surface area contributed by atoms with Gasteiger partial charge >= 0.3 is 5.97 Å². The van der Waals surface area contributed by atoms with Crippen LogP contribution in [0.15, 0.2) is 48.7 Å². The molecule has 7 amide bonds. The molecule has 2 fully saturated rings. The molecule has 0 bridgehead atoms. The molecule has 2 aromatic rings. The van der Waals surface area contributed by atoms with Crippen molar-refractivity contribution in [1.29, 1.82) is 0 Å². The first kappa shape index (κ1) is 49.5. The fraction of sp³-hybridized carbons (Fsp3) is 0.568. The number of likely N-dealkylation sites (N-methyl/N-ethyl adjacent to an activating group) is 3. The van der Waals surface area contributed by atoms with Gasteiger partial charge in [0.2, 0.25) is 35.4 Å². The summed E-state index contributed by atoms with van der Waals surface area (Å²) in [6.07, 6.45) is -1.52. The Balaban J connectivity index is 1.86. The van der Waals surface area contributed by atoms with Crippen molar-refractivity contribution >= 4 is 47.3 Å². The molecule has 2 unspecified atom stereocenters. The van der Waals surface area contributed by atoms with Gasteiger partial charge in [-0.1, -0.05) is 65.0 Å². The second-order valence-corrected chi connectivity index (χ2v) is 17.3. The normalized spacial score (nSPS) is 27.0. The number of nitrogens with one attached hydrogen (secondary N) is 3. The van der Waals surface area contributed by atoms with Crippen molar-refractivity contribution in [2.75, 3.05) is 34.2 Å². The van der Waals surface area contributed by atoms with E-state index in [-0.39, 0.29) is 31.2 Å². The highest BCUT2D eigenvalue weighted by Crippen LogP contribution is 2.26. The SMILES string of the molecule is CC(C)C[C@H]1NC(=O)C(NC(=O)c2ncccc2O)[C@@H](C)OC(=O)[C@@H](c2ccccc2)N(C)C(=O)[C@H](C)NC(=O)[C@H](C(C)C(C)C)N(C)C(=O)CN(C)C(=O)[C@H]2C[C@@H](O)CN2C1=O. The second-order valence-electron chi connectivity index (χ2n) is 17.3. The van der Waals surface area contributed by atoms with Crippen molar-refractivity contribution in [2.24, 2.45) is 17.8 Å². The summed E-state index contributed by atoms with van der Waals surface area (Å²) in [6.45, 7) is 11.1. The highest BCUT2D eigenvalue weighted by molar-refractivity contribution is 6.00. The lowest BCUT2D eigenvalue weighted by molar-refractivity contribution is -0.161. The van der Waals surface area contributed by atoms with Crippen LogP contribution in [0.3, 0.4) is 0 Å². The first-order chi connectivity index (χ1) is 29.5. The predicted octanol–water partition coefficient (Wildman–Crippen LogP) is 0.606. The molecule has 1 aromatic heterocycles. The van der Waals surface area contributed by atoms with Gasteiger partial charge in [-0.05, 0) is 55.7 Å². The van der Waals surface area contributed by atoms with Gasteiger partial charge in [-0.15, -0.1) is 0 Å². The van der Waals surface area contributed by atoms with Gasteiger partial charge in [-0.25, -0.2) is 9.78 Å². The van der Waals surface area contributed by atoms with Gasteiger partial charge in [0.1, 0.15) is 42.1 Å². The molecule has 344 valence electrons. The van der Waals surface area contributed by atoms with Crippen LogP contribution in [-0.2, 0) is 38.3 Å². The molecule has 0 radical (unpaired) electrons. The summed E-state index contributed by atoms with van der Waals surface area (Å²) in [6, 6.07) is 2.60. The Labute approximate surface area is 367 Å². The molecule has 63 heavy (non-hydrogen) atoms. The number of aromatic nitrogens is 1. The Morgan fingerprint density at radius 3 is 2.13 bits per heavy atom. The number of amides is 7. The number of carbonyl (C=O) groups excluding carboxylic acids is 8. The maximum atomic E-state index is 14.5. The number of aliphatic hydroxyl groups is 1. The monoisotopic (exact) mass is 878 g/mol. The molecule has 9 atom stereocenters. The maximum Gasteiger partial charge on any atom is 0.333 e. The lowest BCUT2D eigenvalue weighted by Crippen LogP contribution is -2.60. The minimum absolute atomic E-state index is 0.0335. The van der Waals surface area contributed by atoms with Gasteiger partial charge in [0.15, 0.2) is 11.7 Å². The third kappa shape index (κ3) is 11.9. The van der Waals surface area contributed by atoms with Gasteiger partial charge in [-0.2, -0.15) is 0 Å². The number of carbonyl (C=O) groups is 8. The third-order valence-electron chi connectivity index (χ3n) is 11.7. The van der Waals surface area contributed by atoms with E-state index in [0.717, 1.165) is 14.7 Å². The first-order valence-electron chi connectivity index (χ1n) is 21.1. The van der Waals surface area contributed by atoms with E-state index in [0.29, 0.717) is 5.56 Å². The highest BCUT2D eigenvalue weighted by atomic mass is 16.5. The van der Waals surface area contributed by atoms with Crippen LogP contribution in [0.5, 0.6) is 5.75 Å². The zero-order valence-corrected chi connectivity index (χ0v) is 37.6. The molecule has 0 aliphatic carbocycles. The fourth-order valence-corrected chi connectivity index (χ4v) is 7.82. The number of aliphatic hydroxyl groups excluding tert-OH is 1. The molecule has 2 aliphatic heterocycles. The Kier molecular flexibility index (Phi) is 16.8. The maximum absolute atomic E-state index is 14.5. The Hall–Kier alpha value is -6.11. The van der Waals surface area contributed by atoms with Crippen molar-refractivity contribution < 1.29 is 53.3 Å². The van der Waals surface area contributed by atoms with Crippen LogP contribution in [0.2, 0.25) is 0 Å². The van der Waals surface area contributed by atoms with E-state index in [1.807, 2.05) is 13.8 Å². The van der Waals surface area contributed by atoms with E-state index in [4.69, 9.17) is 4.74 Å². The molecule has 2 aliphatic rings. The smallest absolute Gasteiger partial charge is 0.333 e. The third-order valence-corrected chi connectivity index (χ3v) is 11.7. The van der Waals surface area contributed by atoms with E-state index >= 15 is 0 Å². The van der Waals surface area contributed by atoms with Crippen LogP contribution < -0.4 is 16.0 Å². The number of rotatable bonds is 7. The van der Waals surface area contributed by atoms with Gasteiger partial charge in [0.25, 0.3) is 5.91 Å². The molecular weight excluding hydrogens is 817 g/mol. The van der Waals surface area contributed by atoms with Crippen molar-refractivity contribution in [1.82, 2.24) is 40.5 Å². The Morgan fingerprint density at radius 2 is 1.52 bits per heavy atom. The summed E-state index contributed by atoms with van der Waals surface area (Å²) in [5.74, 6) is -7.75. The van der Waals surface area contributed by atoms with Crippen LogP contribution in [0, 0.1) is 17.8 Å².